The summed E-state index contributed by atoms with van der Waals surface area (Å²) in [7, 11) is 0. The maximum atomic E-state index is 10.7. The molecule has 0 aromatic rings. The molecule has 2 atom stereocenters. The molecule has 0 aliphatic heterocycles. The minimum absolute atomic E-state index is 0.288. The van der Waals surface area contributed by atoms with Crippen LogP contribution in [0.25, 0.3) is 0 Å². The molecule has 0 aromatic carbocycles. The molecule has 0 radical (unpaired) electrons. The van der Waals surface area contributed by atoms with Crippen LogP contribution in [0.1, 0.15) is 39.0 Å². The Labute approximate surface area is 89.8 Å². The van der Waals surface area contributed by atoms with Crippen LogP contribution < -0.4 is 0 Å². The van der Waals surface area contributed by atoms with Gasteiger partial charge in [-0.1, -0.05) is 25.0 Å². The molecule has 80 valence electrons. The third kappa shape index (κ3) is 4.18. The second-order valence-electron chi connectivity index (χ2n) is 3.72. The Bertz CT molecular complexity index is 213. The molecular formula is C11H18O2S. The topological polar surface area (TPSA) is 37.3 Å². The van der Waals surface area contributed by atoms with E-state index in [0.29, 0.717) is 5.25 Å². The predicted molar refractivity (Wildman–Crippen MR) is 60.7 cm³/mol. The van der Waals surface area contributed by atoms with Crippen molar-refractivity contribution in [2.45, 2.75) is 49.5 Å². The SMILES string of the molecule is CC(SC1/C=C\CCCCC1)C(=O)O. The van der Waals surface area contributed by atoms with Crippen molar-refractivity contribution in [2.24, 2.45) is 0 Å². The fraction of sp³-hybridized carbons (Fsp3) is 0.727. The maximum absolute atomic E-state index is 10.7. The summed E-state index contributed by atoms with van der Waals surface area (Å²) in [6, 6.07) is 0. The minimum Gasteiger partial charge on any atom is -0.480 e. The van der Waals surface area contributed by atoms with E-state index in [2.05, 4.69) is 12.2 Å². The number of carboxylic acid groups (broad SMARTS) is 1. The van der Waals surface area contributed by atoms with E-state index in [9.17, 15) is 4.79 Å². The zero-order chi connectivity index (χ0) is 10.4. The highest BCUT2D eigenvalue weighted by Crippen LogP contribution is 2.26. The lowest BCUT2D eigenvalue weighted by molar-refractivity contribution is -0.136. The van der Waals surface area contributed by atoms with Crippen molar-refractivity contribution in [3.05, 3.63) is 12.2 Å². The van der Waals surface area contributed by atoms with Gasteiger partial charge in [0.05, 0.1) is 5.25 Å². The van der Waals surface area contributed by atoms with Crippen molar-refractivity contribution in [1.29, 1.82) is 0 Å². The minimum atomic E-state index is -0.703. The largest absolute Gasteiger partial charge is 0.480 e. The molecule has 0 bridgehead atoms. The first-order chi connectivity index (χ1) is 6.70. The highest BCUT2D eigenvalue weighted by atomic mass is 32.2. The lowest BCUT2D eigenvalue weighted by Gasteiger charge is -2.16. The number of hydrogen-bond acceptors (Lipinski definition) is 2. The van der Waals surface area contributed by atoms with Crippen LogP contribution in [0.3, 0.4) is 0 Å². The number of aliphatic carboxylic acids is 1. The Morgan fingerprint density at radius 1 is 1.50 bits per heavy atom. The molecule has 0 heterocycles. The van der Waals surface area contributed by atoms with E-state index in [4.69, 9.17) is 5.11 Å². The zero-order valence-electron chi connectivity index (χ0n) is 8.61. The normalized spacial score (nSPS) is 27.4. The van der Waals surface area contributed by atoms with Gasteiger partial charge in [0.15, 0.2) is 0 Å². The first-order valence-corrected chi connectivity index (χ1v) is 6.19. The first-order valence-electron chi connectivity index (χ1n) is 5.25. The quantitative estimate of drug-likeness (QED) is 0.734. The Balaban J connectivity index is 2.40. The number of hydrogen-bond donors (Lipinski definition) is 1. The standard InChI is InChI=1S/C11H18O2S/c1-9(11(12)13)14-10-7-5-3-2-4-6-8-10/h5,7,9-10H,2-4,6,8H2,1H3,(H,12,13)/b7-5-. The molecule has 2 unspecified atom stereocenters. The van der Waals surface area contributed by atoms with Gasteiger partial charge in [-0.2, -0.15) is 0 Å². The second kappa shape index (κ2) is 6.12. The van der Waals surface area contributed by atoms with Crippen molar-refractivity contribution >= 4 is 17.7 Å². The van der Waals surface area contributed by atoms with Gasteiger partial charge in [-0.05, 0) is 26.2 Å². The molecule has 2 nitrogen and oxygen atoms in total. The van der Waals surface area contributed by atoms with Crippen LogP contribution >= 0.6 is 11.8 Å². The fourth-order valence-corrected chi connectivity index (χ4v) is 2.71. The Morgan fingerprint density at radius 3 is 3.00 bits per heavy atom. The second-order valence-corrected chi connectivity index (χ2v) is 5.31. The van der Waals surface area contributed by atoms with Gasteiger partial charge < -0.3 is 5.11 Å². The molecule has 14 heavy (non-hydrogen) atoms. The van der Waals surface area contributed by atoms with E-state index in [1.807, 2.05) is 0 Å². The Morgan fingerprint density at radius 2 is 2.29 bits per heavy atom. The molecular weight excluding hydrogens is 196 g/mol. The molecule has 0 saturated heterocycles. The van der Waals surface area contributed by atoms with E-state index < -0.39 is 5.97 Å². The molecule has 1 N–H and O–H groups in total. The van der Waals surface area contributed by atoms with Crippen LogP contribution in [0, 0.1) is 0 Å². The molecule has 0 aromatic heterocycles. The summed E-state index contributed by atoms with van der Waals surface area (Å²) >= 11 is 1.56. The van der Waals surface area contributed by atoms with E-state index >= 15 is 0 Å². The number of thioether (sulfide) groups is 1. The first kappa shape index (κ1) is 11.6. The molecule has 3 heteroatoms. The summed E-state index contributed by atoms with van der Waals surface area (Å²) in [5.41, 5.74) is 0. The van der Waals surface area contributed by atoms with Gasteiger partial charge in [-0.3, -0.25) is 4.79 Å². The fourth-order valence-electron chi connectivity index (χ4n) is 1.56. The molecule has 1 rings (SSSR count). The molecule has 0 spiro atoms. The summed E-state index contributed by atoms with van der Waals surface area (Å²) in [6.07, 6.45) is 10.4. The summed E-state index contributed by atoms with van der Waals surface area (Å²) in [5, 5.41) is 8.91. The highest BCUT2D eigenvalue weighted by Gasteiger charge is 2.17. The summed E-state index contributed by atoms with van der Waals surface area (Å²) in [5.74, 6) is -0.703. The predicted octanol–water partition coefficient (Wildman–Crippen LogP) is 3.08. The van der Waals surface area contributed by atoms with Gasteiger partial charge in [0.2, 0.25) is 0 Å². The lowest BCUT2D eigenvalue weighted by Crippen LogP contribution is -2.16. The van der Waals surface area contributed by atoms with Crippen LogP contribution in [-0.4, -0.2) is 21.6 Å². The highest BCUT2D eigenvalue weighted by molar-refractivity contribution is 8.01. The van der Waals surface area contributed by atoms with Crippen molar-refractivity contribution in [1.82, 2.24) is 0 Å². The van der Waals surface area contributed by atoms with Crippen molar-refractivity contribution in [2.75, 3.05) is 0 Å². The Kier molecular flexibility index (Phi) is 5.09. The van der Waals surface area contributed by atoms with Crippen molar-refractivity contribution in [3.63, 3.8) is 0 Å². The third-order valence-electron chi connectivity index (χ3n) is 2.44. The average molecular weight is 214 g/mol. The van der Waals surface area contributed by atoms with Gasteiger partial charge in [0, 0.05) is 5.25 Å². The molecule has 1 aliphatic rings. The van der Waals surface area contributed by atoms with Crippen LogP contribution in [0.4, 0.5) is 0 Å². The smallest absolute Gasteiger partial charge is 0.316 e. The van der Waals surface area contributed by atoms with Gasteiger partial charge in [0.25, 0.3) is 0 Å². The summed E-state index contributed by atoms with van der Waals surface area (Å²) in [4.78, 5) is 10.7. The molecule has 0 fully saturated rings. The summed E-state index contributed by atoms with van der Waals surface area (Å²) < 4.78 is 0. The number of carbonyl (C=O) groups is 1. The van der Waals surface area contributed by atoms with Crippen LogP contribution in [-0.2, 0) is 4.79 Å². The molecule has 0 amide bonds. The number of carboxylic acids is 1. The number of allylic oxidation sites excluding steroid dienone is 1. The number of rotatable bonds is 3. The Hall–Kier alpha value is -0.440. The van der Waals surface area contributed by atoms with E-state index in [1.54, 1.807) is 18.7 Å². The molecule has 1 aliphatic carbocycles. The summed E-state index contributed by atoms with van der Waals surface area (Å²) in [6.45, 7) is 1.76. The zero-order valence-corrected chi connectivity index (χ0v) is 9.43. The lowest BCUT2D eigenvalue weighted by atomic mass is 10.1. The van der Waals surface area contributed by atoms with Gasteiger partial charge in [0.1, 0.15) is 0 Å². The van der Waals surface area contributed by atoms with E-state index in [0.717, 1.165) is 12.8 Å². The van der Waals surface area contributed by atoms with Crippen LogP contribution in [0.15, 0.2) is 12.2 Å². The van der Waals surface area contributed by atoms with Gasteiger partial charge in [-0.25, -0.2) is 0 Å². The van der Waals surface area contributed by atoms with E-state index in [1.165, 1.54) is 19.3 Å². The molecule has 0 saturated carbocycles. The van der Waals surface area contributed by atoms with Crippen molar-refractivity contribution in [3.8, 4) is 0 Å². The van der Waals surface area contributed by atoms with Crippen LogP contribution in [0.5, 0.6) is 0 Å². The van der Waals surface area contributed by atoms with Gasteiger partial charge in [-0.15, -0.1) is 11.8 Å². The van der Waals surface area contributed by atoms with Gasteiger partial charge >= 0.3 is 5.97 Å². The third-order valence-corrected chi connectivity index (χ3v) is 3.79. The average Bonchev–Trinajstić information content (AvgIpc) is 2.08. The monoisotopic (exact) mass is 214 g/mol. The van der Waals surface area contributed by atoms with Crippen molar-refractivity contribution < 1.29 is 9.90 Å². The maximum Gasteiger partial charge on any atom is 0.316 e. The van der Waals surface area contributed by atoms with E-state index in [-0.39, 0.29) is 5.25 Å². The van der Waals surface area contributed by atoms with Crippen LogP contribution in [0.2, 0.25) is 0 Å².